The summed E-state index contributed by atoms with van der Waals surface area (Å²) in [5, 5.41) is 12.0. The highest BCUT2D eigenvalue weighted by molar-refractivity contribution is 9.10. The van der Waals surface area contributed by atoms with Gasteiger partial charge in [-0.05, 0) is 24.1 Å². The summed E-state index contributed by atoms with van der Waals surface area (Å²) in [6, 6.07) is 8.03. The Morgan fingerprint density at radius 3 is 2.59 bits per heavy atom. The Morgan fingerprint density at radius 1 is 1.41 bits per heavy atom. The van der Waals surface area contributed by atoms with Gasteiger partial charge in [-0.15, -0.1) is 0 Å². The topological polar surface area (TPSA) is 49.3 Å². The minimum Gasteiger partial charge on any atom is -0.478 e. The highest BCUT2D eigenvalue weighted by atomic mass is 79.9. The Kier molecular flexibility index (Phi) is 5.94. The first-order valence-electron chi connectivity index (χ1n) is 5.51. The molecule has 0 unspecified atom stereocenters. The minimum atomic E-state index is -0.835. The van der Waals surface area contributed by atoms with Crippen LogP contribution in [0.25, 0.3) is 0 Å². The van der Waals surface area contributed by atoms with E-state index >= 15 is 0 Å². The fourth-order valence-electron chi connectivity index (χ4n) is 1.40. The molecule has 0 atom stereocenters. The monoisotopic (exact) mass is 297 g/mol. The van der Waals surface area contributed by atoms with Crippen LogP contribution in [0.1, 0.15) is 18.9 Å². The predicted molar refractivity (Wildman–Crippen MR) is 71.9 cm³/mol. The molecular formula is C13H16BrNO2. The molecule has 3 nitrogen and oxygen atoms in total. The van der Waals surface area contributed by atoms with E-state index in [4.69, 9.17) is 5.11 Å². The first-order chi connectivity index (χ1) is 8.13. The summed E-state index contributed by atoms with van der Waals surface area (Å²) in [6.07, 6.45) is 2.27. The van der Waals surface area contributed by atoms with E-state index in [9.17, 15) is 4.79 Å². The number of hydrogen-bond donors (Lipinski definition) is 2. The number of benzene rings is 1. The van der Waals surface area contributed by atoms with Crippen LogP contribution in [-0.2, 0) is 11.3 Å². The van der Waals surface area contributed by atoms with E-state index in [0.717, 1.165) is 11.0 Å². The van der Waals surface area contributed by atoms with Gasteiger partial charge < -0.3 is 10.4 Å². The standard InChI is InChI=1S/C13H16BrNO2/c1-2-11(13(16)17)7-8-15-9-10-3-5-12(14)6-4-10/h3-7,15H,2,8-9H2,1H3,(H,16,17)/b11-7-. The van der Waals surface area contributed by atoms with Crippen LogP contribution in [0.5, 0.6) is 0 Å². The number of nitrogens with one attached hydrogen (secondary N) is 1. The van der Waals surface area contributed by atoms with Gasteiger partial charge in [-0.3, -0.25) is 0 Å². The van der Waals surface area contributed by atoms with Gasteiger partial charge >= 0.3 is 5.97 Å². The zero-order valence-electron chi connectivity index (χ0n) is 9.74. The minimum absolute atomic E-state index is 0.452. The molecule has 0 amide bonds. The van der Waals surface area contributed by atoms with Crippen LogP contribution in [0, 0.1) is 0 Å². The van der Waals surface area contributed by atoms with Gasteiger partial charge in [-0.2, -0.15) is 0 Å². The second-order valence-corrected chi connectivity index (χ2v) is 4.56. The summed E-state index contributed by atoms with van der Waals surface area (Å²) in [6.45, 7) is 3.15. The van der Waals surface area contributed by atoms with E-state index in [0.29, 0.717) is 18.5 Å². The Bertz CT molecular complexity index is 398. The van der Waals surface area contributed by atoms with Crippen molar-refractivity contribution < 1.29 is 9.90 Å². The molecule has 1 aromatic carbocycles. The highest BCUT2D eigenvalue weighted by Crippen LogP contribution is 2.10. The first kappa shape index (κ1) is 13.9. The summed E-state index contributed by atoms with van der Waals surface area (Å²) in [7, 11) is 0. The van der Waals surface area contributed by atoms with Crippen LogP contribution in [0.2, 0.25) is 0 Å². The molecule has 92 valence electrons. The number of carbonyl (C=O) groups is 1. The fraction of sp³-hybridized carbons (Fsp3) is 0.308. The molecule has 0 saturated heterocycles. The number of halogens is 1. The zero-order valence-corrected chi connectivity index (χ0v) is 11.3. The van der Waals surface area contributed by atoms with Gasteiger partial charge in [0.05, 0.1) is 0 Å². The zero-order chi connectivity index (χ0) is 12.7. The highest BCUT2D eigenvalue weighted by Gasteiger charge is 2.02. The third kappa shape index (κ3) is 5.15. The molecule has 0 heterocycles. The van der Waals surface area contributed by atoms with Crippen LogP contribution in [0.4, 0.5) is 0 Å². The lowest BCUT2D eigenvalue weighted by molar-refractivity contribution is -0.132. The van der Waals surface area contributed by atoms with E-state index < -0.39 is 5.97 Å². The van der Waals surface area contributed by atoms with Crippen LogP contribution in [-0.4, -0.2) is 17.6 Å². The Morgan fingerprint density at radius 2 is 2.06 bits per heavy atom. The second-order valence-electron chi connectivity index (χ2n) is 3.65. The summed E-state index contributed by atoms with van der Waals surface area (Å²) in [5.41, 5.74) is 1.63. The van der Waals surface area contributed by atoms with E-state index in [2.05, 4.69) is 21.2 Å². The third-order valence-corrected chi connectivity index (χ3v) is 2.92. The van der Waals surface area contributed by atoms with Gasteiger partial charge in [0.2, 0.25) is 0 Å². The van der Waals surface area contributed by atoms with Gasteiger partial charge in [0, 0.05) is 23.1 Å². The van der Waals surface area contributed by atoms with Crippen molar-refractivity contribution in [2.75, 3.05) is 6.54 Å². The lowest BCUT2D eigenvalue weighted by Gasteiger charge is -2.03. The lowest BCUT2D eigenvalue weighted by Crippen LogP contribution is -2.14. The SMILES string of the molecule is CC/C(=C/CNCc1ccc(Br)cc1)C(=O)O. The molecule has 0 saturated carbocycles. The van der Waals surface area contributed by atoms with Crippen LogP contribution in [0.3, 0.4) is 0 Å². The third-order valence-electron chi connectivity index (χ3n) is 2.39. The summed E-state index contributed by atoms with van der Waals surface area (Å²) >= 11 is 3.38. The van der Waals surface area contributed by atoms with Crippen molar-refractivity contribution in [3.05, 3.63) is 46.0 Å². The normalized spacial score (nSPS) is 11.5. The first-order valence-corrected chi connectivity index (χ1v) is 6.30. The Labute approximate surface area is 110 Å². The van der Waals surface area contributed by atoms with E-state index in [1.165, 1.54) is 5.56 Å². The van der Waals surface area contributed by atoms with Crippen molar-refractivity contribution in [3.8, 4) is 0 Å². The largest absolute Gasteiger partial charge is 0.478 e. The molecule has 4 heteroatoms. The smallest absolute Gasteiger partial charge is 0.331 e. The maximum atomic E-state index is 10.7. The Balaban J connectivity index is 2.37. The Hall–Kier alpha value is -1.13. The fourth-order valence-corrected chi connectivity index (χ4v) is 1.66. The summed E-state index contributed by atoms with van der Waals surface area (Å²) < 4.78 is 1.06. The molecule has 0 radical (unpaired) electrons. The number of aliphatic carboxylic acids is 1. The molecule has 17 heavy (non-hydrogen) atoms. The maximum Gasteiger partial charge on any atom is 0.331 e. The molecule has 0 aromatic heterocycles. The van der Waals surface area contributed by atoms with Crippen molar-refractivity contribution in [3.63, 3.8) is 0 Å². The lowest BCUT2D eigenvalue weighted by atomic mass is 10.2. The molecular weight excluding hydrogens is 282 g/mol. The quantitative estimate of drug-likeness (QED) is 0.627. The van der Waals surface area contributed by atoms with E-state index in [-0.39, 0.29) is 0 Å². The molecule has 0 bridgehead atoms. The van der Waals surface area contributed by atoms with Crippen molar-refractivity contribution in [2.45, 2.75) is 19.9 Å². The predicted octanol–water partition coefficient (Wildman–Crippen LogP) is 2.96. The molecule has 1 aromatic rings. The summed E-state index contributed by atoms with van der Waals surface area (Å²) in [5.74, 6) is -0.835. The van der Waals surface area contributed by atoms with Crippen molar-refractivity contribution >= 4 is 21.9 Å². The number of carboxylic acid groups (broad SMARTS) is 1. The van der Waals surface area contributed by atoms with Gasteiger partial charge in [0.25, 0.3) is 0 Å². The number of rotatable bonds is 6. The average molecular weight is 298 g/mol. The molecule has 0 aliphatic heterocycles. The summed E-state index contributed by atoms with van der Waals surface area (Å²) in [4.78, 5) is 10.7. The van der Waals surface area contributed by atoms with E-state index in [1.54, 1.807) is 6.08 Å². The van der Waals surface area contributed by atoms with Crippen LogP contribution >= 0.6 is 15.9 Å². The molecule has 0 spiro atoms. The number of carboxylic acids is 1. The van der Waals surface area contributed by atoms with Crippen molar-refractivity contribution in [2.24, 2.45) is 0 Å². The molecule has 2 N–H and O–H groups in total. The molecule has 0 aliphatic carbocycles. The average Bonchev–Trinajstić information content (AvgIpc) is 2.31. The van der Waals surface area contributed by atoms with Crippen LogP contribution < -0.4 is 5.32 Å². The van der Waals surface area contributed by atoms with Gasteiger partial charge in [-0.1, -0.05) is 41.1 Å². The van der Waals surface area contributed by atoms with Crippen LogP contribution in [0.15, 0.2) is 40.4 Å². The molecule has 1 rings (SSSR count). The van der Waals surface area contributed by atoms with Gasteiger partial charge in [-0.25, -0.2) is 4.79 Å². The van der Waals surface area contributed by atoms with Gasteiger partial charge in [0.15, 0.2) is 0 Å². The van der Waals surface area contributed by atoms with Crippen molar-refractivity contribution in [1.82, 2.24) is 5.32 Å². The van der Waals surface area contributed by atoms with Gasteiger partial charge in [0.1, 0.15) is 0 Å². The second kappa shape index (κ2) is 7.25. The molecule has 0 aliphatic rings. The number of hydrogen-bond acceptors (Lipinski definition) is 2. The maximum absolute atomic E-state index is 10.7. The molecule has 0 fully saturated rings. The van der Waals surface area contributed by atoms with Crippen molar-refractivity contribution in [1.29, 1.82) is 0 Å². The van der Waals surface area contributed by atoms with E-state index in [1.807, 2.05) is 31.2 Å².